The molecule has 2 aromatic rings. The van der Waals surface area contributed by atoms with E-state index in [1.807, 2.05) is 0 Å². The maximum absolute atomic E-state index is 12.7. The highest BCUT2D eigenvalue weighted by Crippen LogP contribution is 2.48. The minimum atomic E-state index is -0.672. The van der Waals surface area contributed by atoms with Crippen LogP contribution in [0.5, 0.6) is 5.75 Å². The molecule has 0 unspecified atom stereocenters. The quantitative estimate of drug-likeness (QED) is 0.166. The van der Waals surface area contributed by atoms with Crippen molar-refractivity contribution in [3.63, 3.8) is 0 Å². The summed E-state index contributed by atoms with van der Waals surface area (Å²) < 4.78 is 0. The molecule has 0 aliphatic heterocycles. The molecule has 0 amide bonds. The van der Waals surface area contributed by atoms with E-state index in [2.05, 4.69) is 60.7 Å². The number of carboxylic acids is 1. The van der Waals surface area contributed by atoms with Crippen LogP contribution in [0.15, 0.2) is 72.8 Å². The number of carbonyl (C=O) groups is 2. The molecular weight excluding hydrogens is 532 g/mol. The molecular formula is C39H50O4. The zero-order valence-corrected chi connectivity index (χ0v) is 25.7. The lowest BCUT2D eigenvalue weighted by atomic mass is 9.60. The monoisotopic (exact) mass is 582 g/mol. The van der Waals surface area contributed by atoms with Gasteiger partial charge in [0.2, 0.25) is 0 Å². The zero-order valence-electron chi connectivity index (χ0n) is 25.7. The first-order chi connectivity index (χ1) is 21.0. The number of aldehydes is 1. The van der Waals surface area contributed by atoms with E-state index < -0.39 is 11.9 Å². The van der Waals surface area contributed by atoms with Crippen LogP contribution >= 0.6 is 0 Å². The van der Waals surface area contributed by atoms with Crippen LogP contribution in [0.25, 0.3) is 0 Å². The minimum absolute atomic E-state index is 0.148. The summed E-state index contributed by atoms with van der Waals surface area (Å²) in [4.78, 5) is 24.5. The van der Waals surface area contributed by atoms with Crippen molar-refractivity contribution in [2.45, 2.75) is 108 Å². The maximum atomic E-state index is 12.7. The van der Waals surface area contributed by atoms with Crippen molar-refractivity contribution < 1.29 is 19.8 Å². The number of phenolic OH excluding ortho intramolecular Hbond substituents is 1. The summed E-state index contributed by atoms with van der Waals surface area (Å²) in [6, 6.07) is 16.7. The number of fused-ring (bicyclic) bond motifs is 3. The lowest BCUT2D eigenvalue weighted by molar-refractivity contribution is -0.145. The molecule has 3 aliphatic carbocycles. The molecule has 2 N–H and O–H groups in total. The van der Waals surface area contributed by atoms with E-state index in [9.17, 15) is 19.8 Å². The molecule has 4 heteroatoms. The lowest BCUT2D eigenvalue weighted by Crippen LogP contribution is -2.41. The molecule has 5 rings (SSSR count). The van der Waals surface area contributed by atoms with Gasteiger partial charge < -0.3 is 15.0 Å². The molecule has 0 aromatic heterocycles. The second-order valence-electron chi connectivity index (χ2n) is 13.5. The van der Waals surface area contributed by atoms with Gasteiger partial charge in [0.05, 0.1) is 5.92 Å². The van der Waals surface area contributed by atoms with E-state index in [0.29, 0.717) is 24.2 Å². The number of carbonyl (C=O) groups excluding carboxylic acids is 1. The normalized spacial score (nSPS) is 26.0. The molecule has 0 radical (unpaired) electrons. The van der Waals surface area contributed by atoms with Crippen LogP contribution < -0.4 is 0 Å². The van der Waals surface area contributed by atoms with E-state index in [1.165, 1.54) is 29.4 Å². The second kappa shape index (κ2) is 15.0. The van der Waals surface area contributed by atoms with Crippen molar-refractivity contribution in [1.29, 1.82) is 0 Å². The number of phenols is 1. The summed E-state index contributed by atoms with van der Waals surface area (Å²) >= 11 is 0. The Kier molecular flexibility index (Phi) is 10.9. The van der Waals surface area contributed by atoms with Gasteiger partial charge >= 0.3 is 5.97 Å². The number of aromatic hydroxyl groups is 1. The molecule has 2 aromatic carbocycles. The fraction of sp³-hybridized carbons (Fsp3) is 0.538. The van der Waals surface area contributed by atoms with E-state index in [4.69, 9.17) is 0 Å². The van der Waals surface area contributed by atoms with Crippen molar-refractivity contribution in [3.05, 3.63) is 89.5 Å². The molecule has 4 nitrogen and oxygen atoms in total. The molecule has 5 atom stereocenters. The highest BCUT2D eigenvalue weighted by Gasteiger charge is 2.44. The van der Waals surface area contributed by atoms with Crippen LogP contribution in [0.1, 0.15) is 112 Å². The van der Waals surface area contributed by atoms with Gasteiger partial charge in [-0.3, -0.25) is 4.79 Å². The van der Waals surface area contributed by atoms with Gasteiger partial charge in [0, 0.05) is 11.3 Å². The highest BCUT2D eigenvalue weighted by atomic mass is 16.4. The first-order valence-corrected chi connectivity index (χ1v) is 16.9. The standard InChI is InChI=1S/C39H50O4/c40-28-33(30-13-5-6-14-30)17-4-1-3-15-31-16-7-8-19-37(38(42)43)39(24-9-2-10-25-39)34-18-11-12-29(26-34)27-36(31)32-20-22-35(41)23-21-32/h5,7-8,11-13,18,20-23,26,28,30-31,33,36-37,41H,1-4,6,9-10,14-17,19,24-25,27H2,(H,42,43)/t30-,31-,33+,36-,37+/m0/s1. The van der Waals surface area contributed by atoms with Gasteiger partial charge in [0.15, 0.2) is 0 Å². The first kappa shape index (κ1) is 31.3. The van der Waals surface area contributed by atoms with E-state index in [-0.39, 0.29) is 17.1 Å². The van der Waals surface area contributed by atoms with Crippen LogP contribution in [-0.4, -0.2) is 22.5 Å². The Morgan fingerprint density at radius 1 is 0.953 bits per heavy atom. The molecule has 0 heterocycles. The number of rotatable bonds is 10. The van der Waals surface area contributed by atoms with Crippen molar-refractivity contribution in [1.82, 2.24) is 0 Å². The number of benzene rings is 2. The van der Waals surface area contributed by atoms with E-state index in [1.54, 1.807) is 12.1 Å². The van der Waals surface area contributed by atoms with Gasteiger partial charge in [-0.25, -0.2) is 0 Å². The molecule has 1 spiro atoms. The van der Waals surface area contributed by atoms with Crippen LogP contribution in [-0.2, 0) is 21.4 Å². The van der Waals surface area contributed by atoms with Gasteiger partial charge in [-0.05, 0) is 104 Å². The van der Waals surface area contributed by atoms with Gasteiger partial charge in [-0.15, -0.1) is 0 Å². The number of aliphatic carboxylic acids is 1. The predicted molar refractivity (Wildman–Crippen MR) is 173 cm³/mol. The van der Waals surface area contributed by atoms with Crippen molar-refractivity contribution in [3.8, 4) is 5.75 Å². The van der Waals surface area contributed by atoms with Crippen LogP contribution in [0.4, 0.5) is 0 Å². The molecule has 1 fully saturated rings. The number of hydrogen-bond acceptors (Lipinski definition) is 3. The largest absolute Gasteiger partial charge is 0.508 e. The Morgan fingerprint density at radius 2 is 1.74 bits per heavy atom. The van der Waals surface area contributed by atoms with Gasteiger partial charge in [0.1, 0.15) is 12.0 Å². The topological polar surface area (TPSA) is 74.6 Å². The third-order valence-corrected chi connectivity index (χ3v) is 10.9. The molecule has 0 saturated heterocycles. The predicted octanol–water partition coefficient (Wildman–Crippen LogP) is 9.32. The average Bonchev–Trinajstić information content (AvgIpc) is 3.56. The third kappa shape index (κ3) is 7.69. The summed E-state index contributed by atoms with van der Waals surface area (Å²) in [7, 11) is 0. The van der Waals surface area contributed by atoms with Gasteiger partial charge in [-0.1, -0.05) is 99.2 Å². The molecule has 3 aliphatic rings. The Bertz CT molecular complexity index is 1250. The van der Waals surface area contributed by atoms with Gasteiger partial charge in [-0.2, -0.15) is 0 Å². The highest BCUT2D eigenvalue weighted by molar-refractivity contribution is 5.73. The number of allylic oxidation sites excluding steroid dienone is 4. The van der Waals surface area contributed by atoms with Crippen LogP contribution in [0, 0.1) is 23.7 Å². The SMILES string of the molecule is O=C[C@@H](CCCCC[C@H]1CC=CC[C@H](C(=O)O)C2(CCCCC2)c2cccc(c2)C[C@@H]1c1ccc(O)cc1)[C@H]1C=CCC1. The Morgan fingerprint density at radius 3 is 2.47 bits per heavy atom. The van der Waals surface area contributed by atoms with Crippen LogP contribution in [0.2, 0.25) is 0 Å². The summed E-state index contributed by atoms with van der Waals surface area (Å²) in [5.41, 5.74) is 3.42. The summed E-state index contributed by atoms with van der Waals surface area (Å²) in [6.07, 6.45) is 25.2. The van der Waals surface area contributed by atoms with Gasteiger partial charge in [0.25, 0.3) is 0 Å². The summed E-state index contributed by atoms with van der Waals surface area (Å²) in [6.45, 7) is 0. The third-order valence-electron chi connectivity index (χ3n) is 10.9. The first-order valence-electron chi connectivity index (χ1n) is 16.9. The molecule has 1 saturated carbocycles. The number of hydrogen-bond donors (Lipinski definition) is 2. The van der Waals surface area contributed by atoms with Crippen LogP contribution in [0.3, 0.4) is 0 Å². The van der Waals surface area contributed by atoms with Crippen molar-refractivity contribution in [2.75, 3.05) is 0 Å². The molecule has 230 valence electrons. The fourth-order valence-corrected chi connectivity index (χ4v) is 8.47. The maximum Gasteiger partial charge on any atom is 0.307 e. The number of carboxylic acid groups (broad SMARTS) is 1. The van der Waals surface area contributed by atoms with Crippen molar-refractivity contribution >= 4 is 12.3 Å². The second-order valence-corrected chi connectivity index (χ2v) is 13.5. The smallest absolute Gasteiger partial charge is 0.307 e. The van der Waals surface area contributed by atoms with E-state index >= 15 is 0 Å². The molecule has 2 bridgehead atoms. The summed E-state index contributed by atoms with van der Waals surface area (Å²) in [5.74, 6) is 0.468. The molecule has 43 heavy (non-hydrogen) atoms. The number of unbranched alkanes of at least 4 members (excludes halogenated alkanes) is 2. The summed E-state index contributed by atoms with van der Waals surface area (Å²) in [5, 5.41) is 20.5. The minimum Gasteiger partial charge on any atom is -0.508 e. The average molecular weight is 583 g/mol. The lowest BCUT2D eigenvalue weighted by Gasteiger charge is -2.42. The Balaban J connectivity index is 1.38. The Hall–Kier alpha value is -3.14. The fourth-order valence-electron chi connectivity index (χ4n) is 8.47. The zero-order chi connectivity index (χ0) is 30.1. The Labute approximate surface area is 258 Å². The van der Waals surface area contributed by atoms with E-state index in [0.717, 1.165) is 83.5 Å². The van der Waals surface area contributed by atoms with Crippen molar-refractivity contribution in [2.24, 2.45) is 23.7 Å².